The molecule has 130 valence electrons. The Kier molecular flexibility index (Phi) is 3.21. The third kappa shape index (κ3) is 2.36. The molecule has 3 heterocycles. The normalized spacial score (nSPS) is 20.8. The van der Waals surface area contributed by atoms with Crippen molar-refractivity contribution in [2.45, 2.75) is 58.4 Å². The Morgan fingerprint density at radius 2 is 2.04 bits per heavy atom. The van der Waals surface area contributed by atoms with Crippen LogP contribution >= 0.6 is 0 Å². The minimum Gasteiger partial charge on any atom is -0.367 e. The maximum absolute atomic E-state index is 5.41. The van der Waals surface area contributed by atoms with Crippen LogP contribution in [0.4, 0.5) is 5.69 Å². The number of benzene rings is 1. The first-order valence-corrected chi connectivity index (χ1v) is 9.35. The molecule has 1 aromatic carbocycles. The van der Waals surface area contributed by atoms with E-state index in [1.165, 1.54) is 36.9 Å². The minimum atomic E-state index is 0.559. The van der Waals surface area contributed by atoms with Crippen molar-refractivity contribution in [1.29, 1.82) is 0 Å². The van der Waals surface area contributed by atoms with E-state index in [9.17, 15) is 0 Å². The lowest BCUT2D eigenvalue weighted by atomic mass is 10.0. The second kappa shape index (κ2) is 5.35. The molecule has 0 amide bonds. The van der Waals surface area contributed by atoms with Gasteiger partial charge in [0, 0.05) is 24.1 Å². The van der Waals surface area contributed by atoms with Crippen molar-refractivity contribution in [3.8, 4) is 11.1 Å². The average molecular weight is 336 g/mol. The topological polar surface area (TPSA) is 58.0 Å². The molecule has 3 aromatic rings. The summed E-state index contributed by atoms with van der Waals surface area (Å²) in [6.07, 6.45) is 5.01. The number of nitrogens with zero attached hydrogens (tertiary/aromatic N) is 3. The van der Waals surface area contributed by atoms with Crippen molar-refractivity contribution < 1.29 is 4.52 Å². The summed E-state index contributed by atoms with van der Waals surface area (Å²) in [5.74, 6) is 2.65. The van der Waals surface area contributed by atoms with E-state index in [0.29, 0.717) is 12.0 Å². The zero-order valence-corrected chi connectivity index (χ0v) is 15.1. The zero-order chi connectivity index (χ0) is 17.1. The highest BCUT2D eigenvalue weighted by atomic mass is 16.5. The second-order valence-corrected chi connectivity index (χ2v) is 7.67. The Bertz CT molecular complexity index is 931. The lowest BCUT2D eigenvalue weighted by Gasteiger charge is -2.24. The molecule has 1 unspecified atom stereocenters. The van der Waals surface area contributed by atoms with Crippen molar-refractivity contribution in [2.75, 3.05) is 11.4 Å². The molecule has 2 fully saturated rings. The summed E-state index contributed by atoms with van der Waals surface area (Å²) in [5.41, 5.74) is 6.72. The summed E-state index contributed by atoms with van der Waals surface area (Å²) in [5, 5.41) is 4.14. The predicted molar refractivity (Wildman–Crippen MR) is 99.1 cm³/mol. The van der Waals surface area contributed by atoms with Gasteiger partial charge in [-0.25, -0.2) is 4.98 Å². The second-order valence-electron chi connectivity index (χ2n) is 7.67. The summed E-state index contributed by atoms with van der Waals surface area (Å²) in [7, 11) is 0. The van der Waals surface area contributed by atoms with Gasteiger partial charge in [-0.3, -0.25) is 0 Å². The van der Waals surface area contributed by atoms with Crippen LogP contribution in [-0.2, 0) is 0 Å². The van der Waals surface area contributed by atoms with Crippen molar-refractivity contribution in [3.05, 3.63) is 29.4 Å². The highest BCUT2D eigenvalue weighted by Crippen LogP contribution is 2.42. The summed E-state index contributed by atoms with van der Waals surface area (Å²) in [4.78, 5) is 11.1. The number of aryl methyl sites for hydroxylation is 2. The highest BCUT2D eigenvalue weighted by Gasteiger charge is 2.29. The zero-order valence-electron chi connectivity index (χ0n) is 15.1. The fourth-order valence-electron chi connectivity index (χ4n) is 4.22. The van der Waals surface area contributed by atoms with E-state index in [0.717, 1.165) is 40.4 Å². The Morgan fingerprint density at radius 3 is 2.68 bits per heavy atom. The standard InChI is InChI=1S/C20H24N4O/c1-11-5-4-8-24(11)17-10-15(18-12(2)23-25-13(18)3)9-16-19(17)22-20(21-16)14-6-7-14/h9-11,14H,4-8H2,1-3H3,(H,21,22). The molecule has 2 aliphatic rings. The van der Waals surface area contributed by atoms with Gasteiger partial charge in [-0.05, 0) is 64.2 Å². The highest BCUT2D eigenvalue weighted by molar-refractivity contribution is 5.94. The van der Waals surface area contributed by atoms with E-state index >= 15 is 0 Å². The summed E-state index contributed by atoms with van der Waals surface area (Å²) in [6, 6.07) is 5.06. The molecule has 25 heavy (non-hydrogen) atoms. The van der Waals surface area contributed by atoms with Crippen LogP contribution in [0.3, 0.4) is 0 Å². The molecule has 1 aliphatic carbocycles. The number of rotatable bonds is 3. The van der Waals surface area contributed by atoms with E-state index in [2.05, 4.69) is 34.1 Å². The maximum atomic E-state index is 5.41. The number of hydrogen-bond acceptors (Lipinski definition) is 4. The third-order valence-electron chi connectivity index (χ3n) is 5.73. The van der Waals surface area contributed by atoms with Crippen LogP contribution in [0.1, 0.15) is 55.8 Å². The van der Waals surface area contributed by atoms with Gasteiger partial charge in [0.15, 0.2) is 0 Å². The number of H-pyrrole nitrogens is 1. The van der Waals surface area contributed by atoms with Gasteiger partial charge >= 0.3 is 0 Å². The number of fused-ring (bicyclic) bond motifs is 1. The molecule has 5 nitrogen and oxygen atoms in total. The molecular formula is C20H24N4O. The lowest BCUT2D eigenvalue weighted by Crippen LogP contribution is -2.26. The number of nitrogens with one attached hydrogen (secondary N) is 1. The van der Waals surface area contributed by atoms with Gasteiger partial charge in [-0.1, -0.05) is 5.16 Å². The molecule has 0 bridgehead atoms. The summed E-state index contributed by atoms with van der Waals surface area (Å²) in [6.45, 7) is 7.42. The number of aromatic amines is 1. The molecule has 0 radical (unpaired) electrons. The largest absolute Gasteiger partial charge is 0.367 e. The van der Waals surface area contributed by atoms with Crippen LogP contribution in [-0.4, -0.2) is 27.7 Å². The molecule has 5 heteroatoms. The Labute approximate surface area is 147 Å². The van der Waals surface area contributed by atoms with Gasteiger partial charge in [-0.15, -0.1) is 0 Å². The summed E-state index contributed by atoms with van der Waals surface area (Å²) >= 11 is 0. The third-order valence-corrected chi connectivity index (χ3v) is 5.73. The molecule has 1 aliphatic heterocycles. The lowest BCUT2D eigenvalue weighted by molar-refractivity contribution is 0.393. The first-order valence-electron chi connectivity index (χ1n) is 9.35. The van der Waals surface area contributed by atoms with Crippen molar-refractivity contribution >= 4 is 16.7 Å². The van der Waals surface area contributed by atoms with Crippen LogP contribution in [0.5, 0.6) is 0 Å². The van der Waals surface area contributed by atoms with Crippen molar-refractivity contribution in [1.82, 2.24) is 15.1 Å². The van der Waals surface area contributed by atoms with Gasteiger partial charge in [0.25, 0.3) is 0 Å². The van der Waals surface area contributed by atoms with Crippen LogP contribution < -0.4 is 4.90 Å². The van der Waals surface area contributed by atoms with Gasteiger partial charge in [0.2, 0.25) is 0 Å². The molecule has 1 saturated heterocycles. The monoisotopic (exact) mass is 336 g/mol. The van der Waals surface area contributed by atoms with E-state index in [-0.39, 0.29) is 0 Å². The van der Waals surface area contributed by atoms with Crippen molar-refractivity contribution in [2.24, 2.45) is 0 Å². The van der Waals surface area contributed by atoms with Gasteiger partial charge < -0.3 is 14.4 Å². The van der Waals surface area contributed by atoms with E-state index in [4.69, 9.17) is 9.51 Å². The summed E-state index contributed by atoms with van der Waals surface area (Å²) < 4.78 is 5.41. The molecule has 1 saturated carbocycles. The van der Waals surface area contributed by atoms with Crippen LogP contribution in [0.2, 0.25) is 0 Å². The van der Waals surface area contributed by atoms with Gasteiger partial charge in [0.05, 0.1) is 16.9 Å². The molecule has 2 aromatic heterocycles. The fourth-order valence-corrected chi connectivity index (χ4v) is 4.22. The Balaban J connectivity index is 1.74. The van der Waals surface area contributed by atoms with Crippen molar-refractivity contribution in [3.63, 3.8) is 0 Å². The van der Waals surface area contributed by atoms with Gasteiger partial charge in [0.1, 0.15) is 17.1 Å². The smallest absolute Gasteiger partial charge is 0.141 e. The number of hydrogen-bond donors (Lipinski definition) is 1. The van der Waals surface area contributed by atoms with Crippen LogP contribution in [0, 0.1) is 13.8 Å². The number of aromatic nitrogens is 3. The Morgan fingerprint density at radius 1 is 1.20 bits per heavy atom. The molecule has 1 atom stereocenters. The van der Waals surface area contributed by atoms with E-state index in [1.54, 1.807) is 0 Å². The average Bonchev–Trinajstić information content (AvgIpc) is 3.07. The fraction of sp³-hybridized carbons (Fsp3) is 0.500. The maximum Gasteiger partial charge on any atom is 0.141 e. The van der Waals surface area contributed by atoms with Gasteiger partial charge in [-0.2, -0.15) is 0 Å². The molecular weight excluding hydrogens is 312 g/mol. The number of imidazole rings is 1. The molecule has 0 spiro atoms. The van der Waals surface area contributed by atoms with Crippen LogP contribution in [0.15, 0.2) is 16.7 Å². The molecule has 5 rings (SSSR count). The first-order chi connectivity index (χ1) is 12.1. The molecule has 1 N–H and O–H groups in total. The predicted octanol–water partition coefficient (Wildman–Crippen LogP) is 4.70. The SMILES string of the molecule is Cc1noc(C)c1-c1cc(N2CCCC2C)c2nc(C3CC3)[nH]c2c1. The van der Waals surface area contributed by atoms with E-state index in [1.807, 2.05) is 13.8 Å². The quantitative estimate of drug-likeness (QED) is 0.753. The van der Waals surface area contributed by atoms with Crippen LogP contribution in [0.25, 0.3) is 22.2 Å². The first kappa shape index (κ1) is 15.0. The minimum absolute atomic E-state index is 0.559. The number of anilines is 1. The Hall–Kier alpha value is -2.30. The van der Waals surface area contributed by atoms with E-state index < -0.39 is 0 Å².